The predicted molar refractivity (Wildman–Crippen MR) is 450 cm³/mol. The summed E-state index contributed by atoms with van der Waals surface area (Å²) < 4.78 is 5.77. The molecule has 0 aromatic heterocycles. The molecule has 1 fully saturated rings. The molecule has 0 aliphatic carbocycles. The van der Waals surface area contributed by atoms with Gasteiger partial charge in [-0.1, -0.05) is 142 Å². The number of primary amides is 4. The molecule has 1 saturated heterocycles. The van der Waals surface area contributed by atoms with Crippen molar-refractivity contribution in [1.82, 2.24) is 74.4 Å². The number of amides is 18. The predicted octanol–water partition coefficient (Wildman–Crippen LogP) is -1.68. The van der Waals surface area contributed by atoms with E-state index >= 15 is 4.79 Å². The lowest BCUT2D eigenvalue weighted by molar-refractivity contribution is -0.152. The minimum atomic E-state index is -2.11. The molecular formula is C82H142N18O23. The number of aliphatic carboxylic acids is 1. The Morgan fingerprint density at radius 1 is 0.398 bits per heavy atom. The van der Waals surface area contributed by atoms with Gasteiger partial charge in [0, 0.05) is 32.1 Å². The van der Waals surface area contributed by atoms with Crippen LogP contribution in [0, 0.1) is 41.4 Å². The Morgan fingerprint density at radius 2 is 0.764 bits per heavy atom. The van der Waals surface area contributed by atoms with E-state index in [1.165, 1.54) is 27.7 Å². The number of hydrogen-bond acceptors (Lipinski definition) is 22. The van der Waals surface area contributed by atoms with Gasteiger partial charge >= 0.3 is 11.9 Å². The molecule has 16 atom stereocenters. The summed E-state index contributed by atoms with van der Waals surface area (Å²) in [4.78, 5) is 278. The zero-order valence-electron chi connectivity index (χ0n) is 74.4. The molecule has 1 aliphatic rings. The summed E-state index contributed by atoms with van der Waals surface area (Å²) in [5, 5.41) is 55.6. The molecular weight excluding hydrogens is 1610 g/mol. The van der Waals surface area contributed by atoms with Crippen molar-refractivity contribution in [1.29, 1.82) is 0 Å². The first kappa shape index (κ1) is 110. The van der Waals surface area contributed by atoms with Crippen molar-refractivity contribution in [3.63, 3.8) is 0 Å². The summed E-state index contributed by atoms with van der Waals surface area (Å²) in [7, 11) is 0. The lowest BCUT2D eigenvalue weighted by Crippen LogP contribution is -2.62. The molecule has 1 rings (SSSR count). The highest BCUT2D eigenvalue weighted by molar-refractivity contribution is 6.01. The standard InChI is InChI=1S/C82H142N18O23/c1-17-19-20-21-22-23-49(101)39-65(106)88-55(34-41(3)4)75(115)93-54(28-33-66(107)108)71(111)89-50(24-29-61(83)102)70(110)87-48(16)69(109)94-56(35-42(5)6)76(116)91-52(26-31-63(85)104)73(113)98-60-40-123-82(122)68(47(15)18-2)100-74(114)53(27-32-64(86)105)92-77(117)57(36-43(7)8)96-79(119)58(37-44(9)10)95-72(112)51(25-30-62(84)103)90-78(118)59(38-45(11)12)97-81(121)67(46(13)14)99-80(60)120/h41-60,67-68,101H,17-40H2,1-16H3,(H2,83,102)(H2,84,103)(H2,85,104)(H2,86,105)(H,87,110)(H,88,106)(H,89,111)(H,90,118)(H,91,116)(H,92,117)(H,93,115)(H,94,109)(H,95,112)(H,96,119)(H,97,121)(H,98,113)(H,99,120)(H,100,114)(H,107,108)/t47-,48+,49+,50+,51+,52-,53+,54+,55-,56+,57-,58-,59+,60+,67+,68-/m0/s1. The van der Waals surface area contributed by atoms with E-state index in [1.807, 2.05) is 0 Å². The van der Waals surface area contributed by atoms with Crippen LogP contribution in [-0.4, -0.2) is 226 Å². The highest BCUT2D eigenvalue weighted by Crippen LogP contribution is 2.19. The second-order valence-electron chi connectivity index (χ2n) is 34.4. The van der Waals surface area contributed by atoms with Gasteiger partial charge in [0.2, 0.25) is 106 Å². The second kappa shape index (κ2) is 56.9. The quantitative estimate of drug-likeness (QED) is 0.0239. The van der Waals surface area contributed by atoms with Crippen molar-refractivity contribution < 1.29 is 111 Å². The highest BCUT2D eigenvalue weighted by Gasteiger charge is 2.41. The summed E-state index contributed by atoms with van der Waals surface area (Å²) in [5.74, 6) is -24.3. The van der Waals surface area contributed by atoms with Crippen LogP contribution in [-0.2, 0) is 101 Å². The number of carboxylic acids is 1. The van der Waals surface area contributed by atoms with Crippen molar-refractivity contribution in [2.45, 2.75) is 349 Å². The summed E-state index contributed by atoms with van der Waals surface area (Å²) in [6, 6.07) is -22.9. The number of cyclic esters (lactones) is 1. The Bertz CT molecular complexity index is 3580. The van der Waals surface area contributed by atoms with E-state index in [0.717, 1.165) is 25.7 Å². The Hall–Kier alpha value is -10.6. The summed E-state index contributed by atoms with van der Waals surface area (Å²) in [5.41, 5.74) is 22.1. The van der Waals surface area contributed by atoms with Gasteiger partial charge in [0.05, 0.1) is 12.5 Å². The molecule has 0 bridgehead atoms. The number of rotatable bonds is 49. The molecule has 1 heterocycles. The van der Waals surface area contributed by atoms with Crippen LogP contribution in [0.2, 0.25) is 0 Å². The Morgan fingerprint density at radius 3 is 1.17 bits per heavy atom. The summed E-state index contributed by atoms with van der Waals surface area (Å²) in [6.07, 6.45) is -2.27. The van der Waals surface area contributed by atoms with Gasteiger partial charge in [-0.05, 0) is 119 Å². The number of carbonyl (C=O) groups is 20. The fourth-order valence-corrected chi connectivity index (χ4v) is 13.1. The van der Waals surface area contributed by atoms with E-state index < -0.39 is 298 Å². The minimum Gasteiger partial charge on any atom is -0.481 e. The van der Waals surface area contributed by atoms with Crippen molar-refractivity contribution in [2.24, 2.45) is 64.4 Å². The van der Waals surface area contributed by atoms with Gasteiger partial charge in [-0.3, -0.25) is 91.1 Å². The van der Waals surface area contributed by atoms with Crippen LogP contribution in [0.3, 0.4) is 0 Å². The van der Waals surface area contributed by atoms with E-state index in [4.69, 9.17) is 27.7 Å². The third-order valence-corrected chi connectivity index (χ3v) is 20.1. The topological polar surface area (TPSA) is 664 Å². The third-order valence-electron chi connectivity index (χ3n) is 20.1. The first-order chi connectivity index (χ1) is 57.4. The average Bonchev–Trinajstić information content (AvgIpc) is 1.20. The number of ether oxygens (including phenoxy) is 1. The smallest absolute Gasteiger partial charge is 0.329 e. The number of aliphatic hydroxyl groups excluding tert-OH is 1. The van der Waals surface area contributed by atoms with Gasteiger partial charge in [0.15, 0.2) is 0 Å². The van der Waals surface area contributed by atoms with Crippen LogP contribution < -0.4 is 97.4 Å². The Kier molecular flexibility index (Phi) is 51.1. The van der Waals surface area contributed by atoms with Crippen LogP contribution in [0.1, 0.15) is 258 Å². The van der Waals surface area contributed by atoms with Gasteiger partial charge in [0.25, 0.3) is 0 Å². The molecule has 0 aromatic carbocycles. The highest BCUT2D eigenvalue weighted by atomic mass is 16.5. The average molecular weight is 1750 g/mol. The van der Waals surface area contributed by atoms with Crippen LogP contribution in [0.15, 0.2) is 0 Å². The molecule has 41 heteroatoms. The van der Waals surface area contributed by atoms with Crippen LogP contribution in [0.5, 0.6) is 0 Å². The van der Waals surface area contributed by atoms with E-state index in [9.17, 15) is 101 Å². The Balaban J connectivity index is 4.15. The zero-order chi connectivity index (χ0) is 93.8. The van der Waals surface area contributed by atoms with E-state index in [0.29, 0.717) is 12.8 Å². The molecule has 41 nitrogen and oxygen atoms in total. The van der Waals surface area contributed by atoms with Gasteiger partial charge in [0.1, 0.15) is 91.2 Å². The maximum atomic E-state index is 15.1. The fourth-order valence-electron chi connectivity index (χ4n) is 13.1. The number of esters is 1. The number of hydrogen-bond donors (Lipinski definition) is 20. The molecule has 698 valence electrons. The number of unbranched alkanes of at least 4 members (excludes halogenated alkanes) is 4. The lowest BCUT2D eigenvalue weighted by Gasteiger charge is -2.30. The number of carboxylic acid groups (broad SMARTS) is 1. The molecule has 0 saturated carbocycles. The number of carbonyl (C=O) groups excluding carboxylic acids is 19. The molecule has 18 amide bonds. The first-order valence-electron chi connectivity index (χ1n) is 42.8. The van der Waals surface area contributed by atoms with Crippen molar-refractivity contribution in [3.05, 3.63) is 0 Å². The lowest BCUT2D eigenvalue weighted by atomic mass is 9.97. The van der Waals surface area contributed by atoms with Crippen LogP contribution in [0.25, 0.3) is 0 Å². The molecule has 0 unspecified atom stereocenters. The van der Waals surface area contributed by atoms with E-state index in [-0.39, 0.29) is 68.6 Å². The van der Waals surface area contributed by atoms with E-state index in [1.54, 1.807) is 76.2 Å². The monoisotopic (exact) mass is 1750 g/mol. The largest absolute Gasteiger partial charge is 0.481 e. The molecule has 0 aromatic rings. The SMILES string of the molecule is CCCCCCC[C@@H](O)CC(=O)N[C@@H](CC(C)C)C(=O)N[C@H](CCC(=O)O)C(=O)N[C@H](CCC(N)=O)C(=O)N[C@H](C)C(=O)N[C@H](CC(C)C)C(=O)N[C@@H](CCC(N)=O)C(=O)N[C@@H]1COC(=O)[C@H]([C@@H](C)CC)NC(=O)[C@@H](CCC(N)=O)NC(=O)[C@H](CC(C)C)NC(=O)[C@H](CC(C)C)NC(=O)[C@@H](CCC(N)=O)NC(=O)[C@@H](CC(C)C)NC(=O)[C@@H](C(C)C)NC1=O. The minimum absolute atomic E-state index is 0.0354. The van der Waals surface area contributed by atoms with Crippen molar-refractivity contribution in [3.8, 4) is 0 Å². The van der Waals surface area contributed by atoms with Gasteiger partial charge in [-0.15, -0.1) is 0 Å². The molecule has 123 heavy (non-hydrogen) atoms. The first-order valence-corrected chi connectivity index (χ1v) is 42.8. The van der Waals surface area contributed by atoms with Crippen LogP contribution >= 0.6 is 0 Å². The van der Waals surface area contributed by atoms with Crippen molar-refractivity contribution in [2.75, 3.05) is 6.61 Å². The Labute approximate surface area is 720 Å². The van der Waals surface area contributed by atoms with Gasteiger partial charge in [-0.2, -0.15) is 0 Å². The maximum Gasteiger partial charge on any atom is 0.329 e. The van der Waals surface area contributed by atoms with E-state index in [2.05, 4.69) is 81.4 Å². The molecule has 1 aliphatic heterocycles. The van der Waals surface area contributed by atoms with Gasteiger partial charge in [-0.25, -0.2) is 4.79 Å². The van der Waals surface area contributed by atoms with Gasteiger partial charge < -0.3 is 112 Å². The second-order valence-corrected chi connectivity index (χ2v) is 34.4. The van der Waals surface area contributed by atoms with Crippen molar-refractivity contribution >= 4 is 118 Å². The maximum absolute atomic E-state index is 15.1. The fraction of sp³-hybridized carbons (Fsp3) is 0.756. The number of nitrogens with two attached hydrogens (primary N) is 4. The molecule has 24 N–H and O–H groups in total. The zero-order valence-corrected chi connectivity index (χ0v) is 74.4. The number of nitrogens with one attached hydrogen (secondary N) is 14. The summed E-state index contributed by atoms with van der Waals surface area (Å²) in [6.45, 7) is 25.3. The normalized spacial score (nSPS) is 20.7. The summed E-state index contributed by atoms with van der Waals surface area (Å²) >= 11 is 0. The third kappa shape index (κ3) is 44.8. The number of aliphatic hydroxyl groups is 1. The molecule has 0 radical (unpaired) electrons. The van der Waals surface area contributed by atoms with Crippen LogP contribution in [0.4, 0.5) is 0 Å². The molecule has 0 spiro atoms.